The number of aryl methyl sites for hydroxylation is 2. The highest BCUT2D eigenvalue weighted by Crippen LogP contribution is 2.17. The molecule has 2 aromatic rings. The summed E-state index contributed by atoms with van der Waals surface area (Å²) in [6.07, 6.45) is 4.06. The van der Waals surface area contributed by atoms with Gasteiger partial charge in [-0.25, -0.2) is 0 Å². The quantitative estimate of drug-likeness (QED) is 0.661. The van der Waals surface area contributed by atoms with E-state index in [1.807, 2.05) is 25.5 Å². The van der Waals surface area contributed by atoms with Crippen LogP contribution in [0.4, 0.5) is 0 Å². The minimum atomic E-state index is 1.18. The van der Waals surface area contributed by atoms with Gasteiger partial charge in [0.2, 0.25) is 0 Å². The molecule has 0 aliphatic carbocycles. The molecule has 0 radical (unpaired) electrons. The van der Waals surface area contributed by atoms with E-state index in [1.54, 1.807) is 0 Å². The molecule has 12 heavy (non-hydrogen) atoms. The van der Waals surface area contributed by atoms with E-state index in [2.05, 4.69) is 28.6 Å². The van der Waals surface area contributed by atoms with E-state index in [0.717, 1.165) is 0 Å². The van der Waals surface area contributed by atoms with Crippen LogP contribution >= 0.6 is 0 Å². The summed E-state index contributed by atoms with van der Waals surface area (Å²) in [5.74, 6) is 0. The number of nitrogens with one attached hydrogen (secondary N) is 1. The Labute approximate surface area is 71.8 Å². The minimum absolute atomic E-state index is 1.18. The van der Waals surface area contributed by atoms with Gasteiger partial charge < -0.3 is 9.55 Å². The molecular formula is C10H12N2. The molecule has 0 fully saturated rings. The maximum absolute atomic E-state index is 3.23. The molecule has 0 aliphatic rings. The first kappa shape index (κ1) is 7.22. The van der Waals surface area contributed by atoms with Crippen molar-refractivity contribution < 1.29 is 0 Å². The third-order valence-electron chi connectivity index (χ3n) is 2.05. The molecule has 0 aromatic carbocycles. The zero-order valence-corrected chi connectivity index (χ0v) is 7.33. The van der Waals surface area contributed by atoms with E-state index in [9.17, 15) is 0 Å². The zero-order valence-electron chi connectivity index (χ0n) is 7.33. The number of hydrogen-bond acceptors (Lipinski definition) is 0. The number of aromatic amines is 1. The van der Waals surface area contributed by atoms with Gasteiger partial charge in [0, 0.05) is 19.4 Å². The zero-order chi connectivity index (χ0) is 8.55. The van der Waals surface area contributed by atoms with Gasteiger partial charge in [-0.2, -0.15) is 0 Å². The number of H-pyrrole nitrogens is 1. The second-order valence-electron chi connectivity index (χ2n) is 3.10. The summed E-state index contributed by atoms with van der Waals surface area (Å²) in [6, 6.07) is 6.30. The summed E-state index contributed by atoms with van der Waals surface area (Å²) >= 11 is 0. The van der Waals surface area contributed by atoms with Gasteiger partial charge in [0.1, 0.15) is 0 Å². The predicted octanol–water partition coefficient (Wildman–Crippen LogP) is 2.33. The van der Waals surface area contributed by atoms with E-state index in [1.165, 1.54) is 17.0 Å². The van der Waals surface area contributed by atoms with E-state index >= 15 is 0 Å². The molecule has 0 amide bonds. The van der Waals surface area contributed by atoms with Gasteiger partial charge in [-0.3, -0.25) is 0 Å². The van der Waals surface area contributed by atoms with E-state index < -0.39 is 0 Å². The molecule has 0 saturated heterocycles. The molecule has 2 nitrogen and oxygen atoms in total. The fraction of sp³-hybridized carbons (Fsp3) is 0.200. The standard InChI is InChI=1S/C10H12N2/c1-8-6-9(11-7-8)10-4-3-5-12(10)2/h3-7,11H,1-2H3. The first-order valence-corrected chi connectivity index (χ1v) is 4.04. The van der Waals surface area contributed by atoms with Crippen LogP contribution in [0.1, 0.15) is 5.56 Å². The van der Waals surface area contributed by atoms with Crippen LogP contribution in [0.15, 0.2) is 30.6 Å². The summed E-state index contributed by atoms with van der Waals surface area (Å²) in [4.78, 5) is 3.23. The van der Waals surface area contributed by atoms with Crippen molar-refractivity contribution in [2.24, 2.45) is 7.05 Å². The Morgan fingerprint density at radius 1 is 1.42 bits per heavy atom. The van der Waals surface area contributed by atoms with Crippen molar-refractivity contribution in [1.82, 2.24) is 9.55 Å². The largest absolute Gasteiger partial charge is 0.360 e. The minimum Gasteiger partial charge on any atom is -0.360 e. The Morgan fingerprint density at radius 2 is 2.25 bits per heavy atom. The molecular weight excluding hydrogens is 148 g/mol. The summed E-state index contributed by atoms with van der Waals surface area (Å²) in [7, 11) is 2.05. The van der Waals surface area contributed by atoms with Gasteiger partial charge in [-0.15, -0.1) is 0 Å². The summed E-state index contributed by atoms with van der Waals surface area (Å²) in [5.41, 5.74) is 3.68. The highest BCUT2D eigenvalue weighted by Gasteiger charge is 2.01. The van der Waals surface area contributed by atoms with Crippen LogP contribution < -0.4 is 0 Å². The summed E-state index contributed by atoms with van der Waals surface area (Å²) in [6.45, 7) is 2.09. The molecule has 1 N–H and O–H groups in total. The topological polar surface area (TPSA) is 20.7 Å². The Kier molecular flexibility index (Phi) is 1.54. The average Bonchev–Trinajstić information content (AvgIpc) is 2.58. The third kappa shape index (κ3) is 1.05. The number of hydrogen-bond donors (Lipinski definition) is 1. The maximum atomic E-state index is 3.23. The highest BCUT2D eigenvalue weighted by molar-refractivity contribution is 5.56. The van der Waals surface area contributed by atoms with Gasteiger partial charge in [-0.05, 0) is 30.7 Å². The van der Waals surface area contributed by atoms with Crippen molar-refractivity contribution in [2.45, 2.75) is 6.92 Å². The molecule has 2 heteroatoms. The molecule has 0 saturated carbocycles. The second-order valence-corrected chi connectivity index (χ2v) is 3.10. The fourth-order valence-electron chi connectivity index (χ4n) is 1.39. The van der Waals surface area contributed by atoms with E-state index in [-0.39, 0.29) is 0 Å². The second kappa shape index (κ2) is 2.55. The summed E-state index contributed by atoms with van der Waals surface area (Å²) < 4.78 is 2.10. The number of nitrogens with zero attached hydrogens (tertiary/aromatic N) is 1. The van der Waals surface area contributed by atoms with Gasteiger partial charge in [-0.1, -0.05) is 0 Å². The molecule has 0 spiro atoms. The van der Waals surface area contributed by atoms with Crippen molar-refractivity contribution >= 4 is 0 Å². The highest BCUT2D eigenvalue weighted by atomic mass is 14.9. The lowest BCUT2D eigenvalue weighted by Crippen LogP contribution is -1.88. The van der Waals surface area contributed by atoms with Gasteiger partial charge in [0.15, 0.2) is 0 Å². The molecule has 2 rings (SSSR count). The molecule has 0 unspecified atom stereocenters. The Hall–Kier alpha value is -1.44. The summed E-state index contributed by atoms with van der Waals surface area (Å²) in [5, 5.41) is 0. The van der Waals surface area contributed by atoms with Crippen LogP contribution in [0, 0.1) is 6.92 Å². The van der Waals surface area contributed by atoms with E-state index in [4.69, 9.17) is 0 Å². The Morgan fingerprint density at radius 3 is 2.75 bits per heavy atom. The van der Waals surface area contributed by atoms with Crippen LogP contribution in [0.2, 0.25) is 0 Å². The van der Waals surface area contributed by atoms with Crippen LogP contribution in [0.25, 0.3) is 11.4 Å². The molecule has 2 aromatic heterocycles. The van der Waals surface area contributed by atoms with E-state index in [0.29, 0.717) is 0 Å². The lowest BCUT2D eigenvalue weighted by atomic mass is 10.3. The maximum Gasteiger partial charge on any atom is 0.0643 e. The molecule has 62 valence electrons. The monoisotopic (exact) mass is 160 g/mol. The molecule has 0 aliphatic heterocycles. The van der Waals surface area contributed by atoms with Gasteiger partial charge in [0.05, 0.1) is 11.4 Å². The Bertz CT molecular complexity index is 382. The van der Waals surface area contributed by atoms with Crippen LogP contribution in [0.3, 0.4) is 0 Å². The first-order valence-electron chi connectivity index (χ1n) is 4.04. The molecule has 2 heterocycles. The van der Waals surface area contributed by atoms with Gasteiger partial charge in [0.25, 0.3) is 0 Å². The van der Waals surface area contributed by atoms with Crippen molar-refractivity contribution in [1.29, 1.82) is 0 Å². The van der Waals surface area contributed by atoms with Crippen LogP contribution in [0.5, 0.6) is 0 Å². The number of rotatable bonds is 1. The number of aromatic nitrogens is 2. The lowest BCUT2D eigenvalue weighted by Gasteiger charge is -1.98. The fourth-order valence-corrected chi connectivity index (χ4v) is 1.39. The molecule has 0 atom stereocenters. The predicted molar refractivity (Wildman–Crippen MR) is 49.9 cm³/mol. The van der Waals surface area contributed by atoms with Crippen LogP contribution in [-0.4, -0.2) is 9.55 Å². The van der Waals surface area contributed by atoms with Gasteiger partial charge >= 0.3 is 0 Å². The first-order chi connectivity index (χ1) is 5.77. The Balaban J connectivity index is 2.50. The van der Waals surface area contributed by atoms with Crippen molar-refractivity contribution in [3.8, 4) is 11.4 Å². The lowest BCUT2D eigenvalue weighted by molar-refractivity contribution is 0.932. The SMILES string of the molecule is Cc1c[nH]c(-c2cccn2C)c1. The smallest absolute Gasteiger partial charge is 0.0643 e. The van der Waals surface area contributed by atoms with Crippen molar-refractivity contribution in [3.63, 3.8) is 0 Å². The van der Waals surface area contributed by atoms with Crippen molar-refractivity contribution in [3.05, 3.63) is 36.2 Å². The normalized spacial score (nSPS) is 10.5. The third-order valence-corrected chi connectivity index (χ3v) is 2.05. The van der Waals surface area contributed by atoms with Crippen molar-refractivity contribution in [2.75, 3.05) is 0 Å². The van der Waals surface area contributed by atoms with Crippen LogP contribution in [-0.2, 0) is 7.05 Å². The average molecular weight is 160 g/mol. The molecule has 0 bridgehead atoms.